The first-order chi connectivity index (χ1) is 7.01. The molecule has 2 heterocycles. The largest absolute Gasteiger partial charge is 0.296 e. The van der Waals surface area contributed by atoms with Crippen LogP contribution in [-0.2, 0) is 0 Å². The Kier molecular flexibility index (Phi) is 2.60. The molecule has 0 aliphatic heterocycles. The van der Waals surface area contributed by atoms with Crippen LogP contribution in [0.15, 0.2) is 16.6 Å². The standard InChI is InChI=1S/C10H12N2OS2/c1-10(2,3)15-8-7(6-13)12-4-5-14-9(12)11-8/h4-6H,1-3H3. The van der Waals surface area contributed by atoms with E-state index in [4.69, 9.17) is 0 Å². The van der Waals surface area contributed by atoms with Crippen molar-refractivity contribution in [3.05, 3.63) is 17.3 Å². The third kappa shape index (κ3) is 2.08. The number of carbonyl (C=O) groups is 1. The van der Waals surface area contributed by atoms with E-state index >= 15 is 0 Å². The van der Waals surface area contributed by atoms with Gasteiger partial charge < -0.3 is 0 Å². The molecule has 2 aromatic rings. The number of hydrogen-bond acceptors (Lipinski definition) is 4. The van der Waals surface area contributed by atoms with E-state index in [0.29, 0.717) is 5.69 Å². The van der Waals surface area contributed by atoms with Crippen LogP contribution in [0.1, 0.15) is 31.3 Å². The van der Waals surface area contributed by atoms with Gasteiger partial charge in [-0.25, -0.2) is 4.98 Å². The van der Waals surface area contributed by atoms with E-state index < -0.39 is 0 Å². The van der Waals surface area contributed by atoms with E-state index in [0.717, 1.165) is 16.3 Å². The van der Waals surface area contributed by atoms with Crippen molar-refractivity contribution >= 4 is 34.3 Å². The number of aldehydes is 1. The van der Waals surface area contributed by atoms with Crippen LogP contribution < -0.4 is 0 Å². The van der Waals surface area contributed by atoms with Crippen LogP contribution in [0.3, 0.4) is 0 Å². The maximum absolute atomic E-state index is 11.0. The Labute approximate surface area is 96.5 Å². The van der Waals surface area contributed by atoms with Gasteiger partial charge in [-0.3, -0.25) is 9.20 Å². The molecule has 2 rings (SSSR count). The first-order valence-corrected chi connectivity index (χ1v) is 6.30. The summed E-state index contributed by atoms with van der Waals surface area (Å²) >= 11 is 3.17. The number of nitrogens with zero attached hydrogens (tertiary/aromatic N) is 2. The zero-order chi connectivity index (χ0) is 11.1. The second-order valence-corrected chi connectivity index (χ2v) is 6.88. The number of fused-ring (bicyclic) bond motifs is 1. The van der Waals surface area contributed by atoms with Crippen LogP contribution in [0.4, 0.5) is 0 Å². The summed E-state index contributed by atoms with van der Waals surface area (Å²) < 4.78 is 1.91. The molecule has 2 aromatic heterocycles. The molecule has 0 unspecified atom stereocenters. The maximum atomic E-state index is 11.0. The lowest BCUT2D eigenvalue weighted by molar-refractivity contribution is 0.111. The van der Waals surface area contributed by atoms with Crippen molar-refractivity contribution in [2.75, 3.05) is 0 Å². The van der Waals surface area contributed by atoms with Crippen molar-refractivity contribution in [1.82, 2.24) is 9.38 Å². The Hall–Kier alpha value is -0.810. The molecule has 0 radical (unpaired) electrons. The molecule has 0 fully saturated rings. The fourth-order valence-corrected chi connectivity index (χ4v) is 3.00. The van der Waals surface area contributed by atoms with Gasteiger partial charge in [0.1, 0.15) is 10.7 Å². The van der Waals surface area contributed by atoms with Crippen molar-refractivity contribution in [2.24, 2.45) is 0 Å². The predicted molar refractivity (Wildman–Crippen MR) is 64.1 cm³/mol. The first-order valence-electron chi connectivity index (χ1n) is 4.61. The van der Waals surface area contributed by atoms with Crippen molar-refractivity contribution in [3.63, 3.8) is 0 Å². The molecule has 0 saturated carbocycles. The molecule has 3 nitrogen and oxygen atoms in total. The van der Waals surface area contributed by atoms with Gasteiger partial charge in [0.2, 0.25) is 0 Å². The minimum Gasteiger partial charge on any atom is -0.296 e. The van der Waals surface area contributed by atoms with E-state index in [9.17, 15) is 4.79 Å². The summed E-state index contributed by atoms with van der Waals surface area (Å²) in [5.74, 6) is 0. The number of thioether (sulfide) groups is 1. The van der Waals surface area contributed by atoms with Gasteiger partial charge in [-0.05, 0) is 0 Å². The van der Waals surface area contributed by atoms with Crippen molar-refractivity contribution < 1.29 is 4.79 Å². The van der Waals surface area contributed by atoms with Gasteiger partial charge in [0.05, 0.1) is 0 Å². The van der Waals surface area contributed by atoms with Crippen LogP contribution in [0.25, 0.3) is 4.96 Å². The Bertz CT molecular complexity index is 493. The zero-order valence-electron chi connectivity index (χ0n) is 8.85. The number of imidazole rings is 1. The second kappa shape index (κ2) is 3.64. The minimum atomic E-state index is 0.0712. The number of aromatic nitrogens is 2. The fourth-order valence-electron chi connectivity index (χ4n) is 1.26. The summed E-state index contributed by atoms with van der Waals surface area (Å²) in [6, 6.07) is 0. The second-order valence-electron chi connectivity index (χ2n) is 4.19. The molecule has 0 saturated heterocycles. The molecule has 0 atom stereocenters. The van der Waals surface area contributed by atoms with Gasteiger partial charge in [0, 0.05) is 16.3 Å². The Morgan fingerprint density at radius 2 is 2.27 bits per heavy atom. The summed E-state index contributed by atoms with van der Waals surface area (Å²) in [5, 5.41) is 2.75. The zero-order valence-corrected chi connectivity index (χ0v) is 10.5. The minimum absolute atomic E-state index is 0.0712. The summed E-state index contributed by atoms with van der Waals surface area (Å²) in [7, 11) is 0. The van der Waals surface area contributed by atoms with Gasteiger partial charge in [0.25, 0.3) is 0 Å². The molecule has 0 N–H and O–H groups in total. The van der Waals surface area contributed by atoms with Crippen LogP contribution in [0, 0.1) is 0 Å². The highest BCUT2D eigenvalue weighted by Gasteiger charge is 2.19. The lowest BCUT2D eigenvalue weighted by Crippen LogP contribution is -2.07. The van der Waals surface area contributed by atoms with E-state index in [2.05, 4.69) is 25.8 Å². The van der Waals surface area contributed by atoms with Crippen LogP contribution in [-0.4, -0.2) is 20.4 Å². The summed E-state index contributed by atoms with van der Waals surface area (Å²) in [6.07, 6.45) is 2.75. The number of carbonyl (C=O) groups excluding carboxylic acids is 1. The SMILES string of the molecule is CC(C)(C)Sc1nc2sccn2c1C=O. The van der Waals surface area contributed by atoms with Gasteiger partial charge >= 0.3 is 0 Å². The Balaban J connectivity index is 2.50. The smallest absolute Gasteiger partial charge is 0.195 e. The average molecular weight is 240 g/mol. The fraction of sp³-hybridized carbons (Fsp3) is 0.400. The quantitative estimate of drug-likeness (QED) is 0.597. The highest BCUT2D eigenvalue weighted by molar-refractivity contribution is 8.00. The van der Waals surface area contributed by atoms with Gasteiger partial charge in [-0.1, -0.05) is 32.5 Å². The van der Waals surface area contributed by atoms with Crippen LogP contribution >= 0.6 is 23.1 Å². The molecule has 15 heavy (non-hydrogen) atoms. The number of hydrogen-bond donors (Lipinski definition) is 0. The highest BCUT2D eigenvalue weighted by atomic mass is 32.2. The molecule has 0 spiro atoms. The Morgan fingerprint density at radius 1 is 1.53 bits per heavy atom. The average Bonchev–Trinajstić information content (AvgIpc) is 2.60. The van der Waals surface area contributed by atoms with Crippen molar-refractivity contribution in [3.8, 4) is 0 Å². The molecule has 0 aromatic carbocycles. The van der Waals surface area contributed by atoms with Gasteiger partial charge in [-0.2, -0.15) is 0 Å². The molecule has 5 heteroatoms. The lowest BCUT2D eigenvalue weighted by atomic mass is 10.3. The topological polar surface area (TPSA) is 34.4 Å². The molecule has 0 aliphatic rings. The molecular weight excluding hydrogens is 228 g/mol. The number of thiazole rings is 1. The Morgan fingerprint density at radius 3 is 2.87 bits per heavy atom. The van der Waals surface area contributed by atoms with E-state index in [1.807, 2.05) is 16.0 Å². The molecule has 0 aliphatic carbocycles. The predicted octanol–water partition coefficient (Wildman–Crippen LogP) is 3.10. The maximum Gasteiger partial charge on any atom is 0.195 e. The summed E-state index contributed by atoms with van der Waals surface area (Å²) in [4.78, 5) is 16.3. The summed E-state index contributed by atoms with van der Waals surface area (Å²) in [6.45, 7) is 6.33. The third-order valence-corrected chi connectivity index (χ3v) is 3.64. The third-order valence-electron chi connectivity index (χ3n) is 1.78. The van der Waals surface area contributed by atoms with Crippen molar-refractivity contribution in [1.29, 1.82) is 0 Å². The van der Waals surface area contributed by atoms with E-state index in [1.165, 1.54) is 0 Å². The van der Waals surface area contributed by atoms with Crippen LogP contribution in [0.5, 0.6) is 0 Å². The first kappa shape index (κ1) is 10.7. The van der Waals surface area contributed by atoms with Gasteiger partial charge in [-0.15, -0.1) is 11.3 Å². The lowest BCUT2D eigenvalue weighted by Gasteiger charge is -2.15. The molecule has 0 bridgehead atoms. The van der Waals surface area contributed by atoms with E-state index in [1.54, 1.807) is 23.1 Å². The van der Waals surface area contributed by atoms with Gasteiger partial charge in [0.15, 0.2) is 11.2 Å². The number of rotatable bonds is 2. The van der Waals surface area contributed by atoms with Crippen molar-refractivity contribution in [2.45, 2.75) is 30.5 Å². The van der Waals surface area contributed by atoms with E-state index in [-0.39, 0.29) is 4.75 Å². The molecule has 80 valence electrons. The monoisotopic (exact) mass is 240 g/mol. The molecular formula is C10H12N2OS2. The highest BCUT2D eigenvalue weighted by Crippen LogP contribution is 2.34. The normalized spacial score (nSPS) is 12.2. The molecule has 0 amide bonds. The van der Waals surface area contributed by atoms with Crippen LogP contribution in [0.2, 0.25) is 0 Å². The summed E-state index contributed by atoms with van der Waals surface area (Å²) in [5.41, 5.74) is 0.658.